The first-order valence-electron chi connectivity index (χ1n) is 6.20. The average molecular weight is 198 g/mol. The van der Waals surface area contributed by atoms with Crippen molar-refractivity contribution in [1.29, 1.82) is 0 Å². The first kappa shape index (κ1) is 12.0. The van der Waals surface area contributed by atoms with E-state index in [0.717, 1.165) is 18.5 Å². The van der Waals surface area contributed by atoms with E-state index >= 15 is 0 Å². The SMILES string of the molecule is CCC1CCN(C(CC)CNC)CC1. The minimum atomic E-state index is 0.762. The Morgan fingerprint density at radius 1 is 1.29 bits per heavy atom. The van der Waals surface area contributed by atoms with Crippen molar-refractivity contribution in [3.05, 3.63) is 0 Å². The van der Waals surface area contributed by atoms with Gasteiger partial charge in [0.05, 0.1) is 0 Å². The number of hydrogen-bond donors (Lipinski definition) is 1. The number of nitrogens with zero attached hydrogens (tertiary/aromatic N) is 1. The summed E-state index contributed by atoms with van der Waals surface area (Å²) in [6.45, 7) is 8.41. The fourth-order valence-corrected chi connectivity index (χ4v) is 2.49. The van der Waals surface area contributed by atoms with Gasteiger partial charge < -0.3 is 5.32 Å². The van der Waals surface area contributed by atoms with Gasteiger partial charge >= 0.3 is 0 Å². The zero-order valence-corrected chi connectivity index (χ0v) is 10.1. The van der Waals surface area contributed by atoms with Gasteiger partial charge in [0, 0.05) is 12.6 Å². The number of likely N-dealkylation sites (tertiary alicyclic amines) is 1. The highest BCUT2D eigenvalue weighted by Crippen LogP contribution is 2.21. The molecule has 0 aromatic carbocycles. The second-order valence-electron chi connectivity index (χ2n) is 4.51. The van der Waals surface area contributed by atoms with E-state index in [9.17, 15) is 0 Å². The highest BCUT2D eigenvalue weighted by Gasteiger charge is 2.22. The zero-order valence-electron chi connectivity index (χ0n) is 10.1. The smallest absolute Gasteiger partial charge is 0.0217 e. The number of hydrogen-bond acceptors (Lipinski definition) is 2. The Balaban J connectivity index is 2.31. The highest BCUT2D eigenvalue weighted by atomic mass is 15.2. The van der Waals surface area contributed by atoms with E-state index < -0.39 is 0 Å². The monoisotopic (exact) mass is 198 g/mol. The molecule has 0 aromatic heterocycles. The molecule has 0 amide bonds. The second-order valence-corrected chi connectivity index (χ2v) is 4.51. The lowest BCUT2D eigenvalue weighted by Gasteiger charge is -2.37. The number of piperidine rings is 1. The van der Waals surface area contributed by atoms with Crippen molar-refractivity contribution in [3.8, 4) is 0 Å². The van der Waals surface area contributed by atoms with Crippen molar-refractivity contribution in [1.82, 2.24) is 10.2 Å². The predicted octanol–water partition coefficient (Wildman–Crippen LogP) is 2.11. The summed E-state index contributed by atoms with van der Waals surface area (Å²) in [6.07, 6.45) is 5.47. The van der Waals surface area contributed by atoms with Crippen molar-refractivity contribution in [3.63, 3.8) is 0 Å². The molecule has 2 heteroatoms. The molecule has 1 saturated heterocycles. The first-order chi connectivity index (χ1) is 6.81. The van der Waals surface area contributed by atoms with Gasteiger partial charge in [0.1, 0.15) is 0 Å². The van der Waals surface area contributed by atoms with Crippen LogP contribution in [0.15, 0.2) is 0 Å². The molecule has 0 spiro atoms. The topological polar surface area (TPSA) is 15.3 Å². The van der Waals surface area contributed by atoms with Gasteiger partial charge in [-0.15, -0.1) is 0 Å². The summed E-state index contributed by atoms with van der Waals surface area (Å²) in [5, 5.41) is 3.30. The van der Waals surface area contributed by atoms with Gasteiger partial charge in [0.15, 0.2) is 0 Å². The third kappa shape index (κ3) is 3.25. The molecule has 0 aliphatic carbocycles. The van der Waals surface area contributed by atoms with Crippen LogP contribution in [0.4, 0.5) is 0 Å². The molecule has 2 nitrogen and oxygen atoms in total. The van der Waals surface area contributed by atoms with E-state index in [-0.39, 0.29) is 0 Å². The molecule has 1 aliphatic heterocycles. The first-order valence-corrected chi connectivity index (χ1v) is 6.20. The van der Waals surface area contributed by atoms with Crippen molar-refractivity contribution >= 4 is 0 Å². The standard InChI is InChI=1S/C12H26N2/c1-4-11-6-8-14(9-7-11)12(5-2)10-13-3/h11-13H,4-10H2,1-3H3. The molecule has 0 saturated carbocycles. The zero-order chi connectivity index (χ0) is 10.4. The van der Waals surface area contributed by atoms with Gasteiger partial charge in [-0.2, -0.15) is 0 Å². The van der Waals surface area contributed by atoms with E-state index in [1.54, 1.807) is 0 Å². The summed E-state index contributed by atoms with van der Waals surface area (Å²) in [7, 11) is 2.06. The lowest BCUT2D eigenvalue weighted by molar-refractivity contribution is 0.127. The molecule has 0 bridgehead atoms. The van der Waals surface area contributed by atoms with Crippen LogP contribution in [0.1, 0.15) is 39.5 Å². The molecule has 0 radical (unpaired) electrons. The van der Waals surface area contributed by atoms with Crippen molar-refractivity contribution in [2.45, 2.75) is 45.6 Å². The Bertz CT molecular complexity index is 139. The maximum Gasteiger partial charge on any atom is 0.0217 e. The normalized spacial score (nSPS) is 22.5. The van der Waals surface area contributed by atoms with E-state index in [1.165, 1.54) is 38.8 Å². The Kier molecular flexibility index (Phi) is 5.49. The lowest BCUT2D eigenvalue weighted by atomic mass is 9.93. The van der Waals surface area contributed by atoms with Crippen LogP contribution in [-0.4, -0.2) is 37.6 Å². The minimum Gasteiger partial charge on any atom is -0.318 e. The summed E-state index contributed by atoms with van der Waals surface area (Å²) in [6, 6.07) is 0.762. The van der Waals surface area contributed by atoms with Gasteiger partial charge in [-0.05, 0) is 45.3 Å². The van der Waals surface area contributed by atoms with Gasteiger partial charge in [0.2, 0.25) is 0 Å². The number of rotatable bonds is 5. The Morgan fingerprint density at radius 2 is 1.93 bits per heavy atom. The summed E-state index contributed by atoms with van der Waals surface area (Å²) in [4.78, 5) is 2.67. The Labute approximate surface area is 89.1 Å². The van der Waals surface area contributed by atoms with Crippen LogP contribution in [0.2, 0.25) is 0 Å². The van der Waals surface area contributed by atoms with E-state index in [4.69, 9.17) is 0 Å². The van der Waals surface area contributed by atoms with Gasteiger partial charge in [-0.3, -0.25) is 4.90 Å². The van der Waals surface area contributed by atoms with Gasteiger partial charge in [-0.25, -0.2) is 0 Å². The molecule has 1 heterocycles. The molecular weight excluding hydrogens is 172 g/mol. The molecule has 1 fully saturated rings. The van der Waals surface area contributed by atoms with Crippen LogP contribution in [-0.2, 0) is 0 Å². The van der Waals surface area contributed by atoms with Crippen molar-refractivity contribution < 1.29 is 0 Å². The molecule has 1 N–H and O–H groups in total. The maximum atomic E-state index is 3.30. The Morgan fingerprint density at radius 3 is 2.36 bits per heavy atom. The molecule has 84 valence electrons. The third-order valence-corrected chi connectivity index (χ3v) is 3.65. The Hall–Kier alpha value is -0.0800. The van der Waals surface area contributed by atoms with Crippen molar-refractivity contribution in [2.24, 2.45) is 5.92 Å². The molecule has 14 heavy (non-hydrogen) atoms. The molecule has 1 aliphatic rings. The fourth-order valence-electron chi connectivity index (χ4n) is 2.49. The summed E-state index contributed by atoms with van der Waals surface area (Å²) < 4.78 is 0. The van der Waals surface area contributed by atoms with Gasteiger partial charge in [0.25, 0.3) is 0 Å². The quantitative estimate of drug-likeness (QED) is 0.728. The van der Waals surface area contributed by atoms with Crippen LogP contribution in [0, 0.1) is 5.92 Å². The van der Waals surface area contributed by atoms with E-state index in [1.807, 2.05) is 0 Å². The second kappa shape index (κ2) is 6.41. The molecule has 1 unspecified atom stereocenters. The number of likely N-dealkylation sites (N-methyl/N-ethyl adjacent to an activating group) is 1. The van der Waals surface area contributed by atoms with E-state index in [2.05, 4.69) is 31.1 Å². The average Bonchev–Trinajstić information content (AvgIpc) is 2.26. The fraction of sp³-hybridized carbons (Fsp3) is 1.00. The maximum absolute atomic E-state index is 3.30. The summed E-state index contributed by atoms with van der Waals surface area (Å²) in [5.74, 6) is 0.998. The van der Waals surface area contributed by atoms with Crippen molar-refractivity contribution in [2.75, 3.05) is 26.7 Å². The van der Waals surface area contributed by atoms with Crippen LogP contribution in [0.25, 0.3) is 0 Å². The third-order valence-electron chi connectivity index (χ3n) is 3.65. The van der Waals surface area contributed by atoms with Crippen LogP contribution < -0.4 is 5.32 Å². The summed E-state index contributed by atoms with van der Waals surface area (Å²) >= 11 is 0. The lowest BCUT2D eigenvalue weighted by Crippen LogP contribution is -2.45. The largest absolute Gasteiger partial charge is 0.318 e. The van der Waals surface area contributed by atoms with Crippen LogP contribution in [0.5, 0.6) is 0 Å². The predicted molar refractivity (Wildman–Crippen MR) is 62.6 cm³/mol. The molecular formula is C12H26N2. The van der Waals surface area contributed by atoms with E-state index in [0.29, 0.717) is 0 Å². The minimum absolute atomic E-state index is 0.762. The van der Waals surface area contributed by atoms with Crippen LogP contribution in [0.3, 0.4) is 0 Å². The highest BCUT2D eigenvalue weighted by molar-refractivity contribution is 4.78. The number of nitrogens with one attached hydrogen (secondary N) is 1. The molecule has 1 rings (SSSR count). The molecule has 0 aromatic rings. The molecule has 1 atom stereocenters. The van der Waals surface area contributed by atoms with Gasteiger partial charge in [-0.1, -0.05) is 20.3 Å². The summed E-state index contributed by atoms with van der Waals surface area (Å²) in [5.41, 5.74) is 0. The van der Waals surface area contributed by atoms with Crippen LogP contribution >= 0.6 is 0 Å².